The van der Waals surface area contributed by atoms with E-state index >= 15 is 0 Å². The molecule has 0 saturated carbocycles. The zero-order chi connectivity index (χ0) is 40.2. The molecular formula is C59H43N. The summed E-state index contributed by atoms with van der Waals surface area (Å²) in [4.78, 5) is 2.45. The molecule has 1 aliphatic carbocycles. The molecule has 0 bridgehead atoms. The number of rotatable bonds is 7. The standard InChI is InChI=1S/C59H43N/c1-59(2)55-36-31-47(46-28-27-40-15-9-10-20-45(40)37-46)38-54(55)53-35-34-49(39-56(53)59)60(57-26-12-11-23-50(57)41-16-5-3-6-17-41)48-32-29-43(30-33-48)52-25-14-22-44-21-13-24-51(58(44)52)42-18-7-4-8-19-42/h3-39H,1-2H3. The van der Waals surface area contributed by atoms with Crippen molar-refractivity contribution in [1.82, 2.24) is 0 Å². The topological polar surface area (TPSA) is 3.24 Å². The van der Waals surface area contributed by atoms with Crippen molar-refractivity contribution in [2.24, 2.45) is 0 Å². The third kappa shape index (κ3) is 6.01. The fourth-order valence-electron chi connectivity index (χ4n) is 9.62. The summed E-state index contributed by atoms with van der Waals surface area (Å²) < 4.78 is 0. The Morgan fingerprint density at radius 3 is 1.57 bits per heavy atom. The molecule has 10 aromatic rings. The Labute approximate surface area is 352 Å². The Morgan fingerprint density at radius 2 is 0.833 bits per heavy atom. The van der Waals surface area contributed by atoms with Crippen molar-refractivity contribution in [2.75, 3.05) is 4.90 Å². The first-order valence-electron chi connectivity index (χ1n) is 20.9. The lowest BCUT2D eigenvalue weighted by molar-refractivity contribution is 0.660. The quantitative estimate of drug-likeness (QED) is 0.156. The fourth-order valence-corrected chi connectivity index (χ4v) is 9.62. The van der Waals surface area contributed by atoms with E-state index in [1.807, 2.05) is 0 Å². The predicted molar refractivity (Wildman–Crippen MR) is 255 cm³/mol. The lowest BCUT2D eigenvalue weighted by atomic mass is 9.82. The van der Waals surface area contributed by atoms with Gasteiger partial charge in [-0.3, -0.25) is 0 Å². The Morgan fingerprint density at radius 1 is 0.300 bits per heavy atom. The van der Waals surface area contributed by atoms with Crippen LogP contribution in [0.4, 0.5) is 17.1 Å². The van der Waals surface area contributed by atoms with Crippen LogP contribution in [0.1, 0.15) is 25.0 Å². The highest BCUT2D eigenvalue weighted by Gasteiger charge is 2.36. The zero-order valence-electron chi connectivity index (χ0n) is 33.8. The third-order valence-corrected chi connectivity index (χ3v) is 12.7. The molecule has 0 spiro atoms. The molecule has 1 aliphatic rings. The van der Waals surface area contributed by atoms with Crippen molar-refractivity contribution in [3.05, 3.63) is 236 Å². The van der Waals surface area contributed by atoms with Crippen LogP contribution in [0.25, 0.3) is 77.2 Å². The van der Waals surface area contributed by atoms with Crippen LogP contribution < -0.4 is 4.90 Å². The second kappa shape index (κ2) is 14.4. The molecule has 0 saturated heterocycles. The molecule has 0 fully saturated rings. The average Bonchev–Trinajstić information content (AvgIpc) is 3.54. The minimum Gasteiger partial charge on any atom is -0.310 e. The highest BCUT2D eigenvalue weighted by atomic mass is 15.1. The largest absolute Gasteiger partial charge is 0.310 e. The van der Waals surface area contributed by atoms with Crippen LogP contribution in [0.15, 0.2) is 224 Å². The van der Waals surface area contributed by atoms with Crippen molar-refractivity contribution in [1.29, 1.82) is 0 Å². The van der Waals surface area contributed by atoms with Gasteiger partial charge in [0.15, 0.2) is 0 Å². The molecule has 11 rings (SSSR count). The monoisotopic (exact) mass is 765 g/mol. The molecular weight excluding hydrogens is 723 g/mol. The van der Waals surface area contributed by atoms with Crippen molar-refractivity contribution in [3.8, 4) is 55.6 Å². The summed E-state index contributed by atoms with van der Waals surface area (Å²) in [5.74, 6) is 0. The molecule has 1 nitrogen and oxygen atoms in total. The number of benzene rings is 10. The molecule has 0 radical (unpaired) electrons. The first-order valence-corrected chi connectivity index (χ1v) is 20.9. The summed E-state index contributed by atoms with van der Waals surface area (Å²) in [6.45, 7) is 4.75. The third-order valence-electron chi connectivity index (χ3n) is 12.7. The molecule has 0 aromatic heterocycles. The van der Waals surface area contributed by atoms with Crippen LogP contribution in [-0.4, -0.2) is 0 Å². The van der Waals surface area contributed by atoms with Crippen molar-refractivity contribution >= 4 is 38.6 Å². The maximum atomic E-state index is 2.45. The first kappa shape index (κ1) is 35.7. The summed E-state index contributed by atoms with van der Waals surface area (Å²) in [5, 5.41) is 5.04. The van der Waals surface area contributed by atoms with Gasteiger partial charge in [-0.1, -0.05) is 196 Å². The van der Waals surface area contributed by atoms with Gasteiger partial charge < -0.3 is 4.90 Å². The second-order valence-corrected chi connectivity index (χ2v) is 16.5. The minimum atomic E-state index is -0.179. The summed E-state index contributed by atoms with van der Waals surface area (Å²) in [5.41, 5.74) is 18.3. The molecule has 284 valence electrons. The van der Waals surface area contributed by atoms with E-state index < -0.39 is 0 Å². The van der Waals surface area contributed by atoms with Crippen LogP contribution in [0.3, 0.4) is 0 Å². The maximum absolute atomic E-state index is 2.45. The van der Waals surface area contributed by atoms with E-state index in [4.69, 9.17) is 0 Å². The highest BCUT2D eigenvalue weighted by molar-refractivity contribution is 6.06. The van der Waals surface area contributed by atoms with Crippen molar-refractivity contribution < 1.29 is 0 Å². The van der Waals surface area contributed by atoms with Gasteiger partial charge >= 0.3 is 0 Å². The molecule has 0 N–H and O–H groups in total. The molecule has 0 aliphatic heterocycles. The molecule has 1 heteroatoms. The Balaban J connectivity index is 1.04. The van der Waals surface area contributed by atoms with Crippen LogP contribution in [-0.2, 0) is 5.41 Å². The van der Waals surface area contributed by atoms with Gasteiger partial charge in [-0.15, -0.1) is 0 Å². The lowest BCUT2D eigenvalue weighted by Crippen LogP contribution is -2.17. The summed E-state index contributed by atoms with van der Waals surface area (Å²) in [6, 6.07) is 82.4. The predicted octanol–water partition coefficient (Wildman–Crippen LogP) is 16.4. The normalized spacial score (nSPS) is 12.6. The molecule has 10 aromatic carbocycles. The van der Waals surface area contributed by atoms with Gasteiger partial charge in [0.05, 0.1) is 5.69 Å². The first-order chi connectivity index (χ1) is 29.5. The fraction of sp³-hybridized carbons (Fsp3) is 0.0508. The van der Waals surface area contributed by atoms with Gasteiger partial charge in [0, 0.05) is 22.4 Å². The Bertz CT molecular complexity index is 3210. The summed E-state index contributed by atoms with van der Waals surface area (Å²) >= 11 is 0. The van der Waals surface area contributed by atoms with E-state index in [2.05, 4.69) is 243 Å². The van der Waals surface area contributed by atoms with Crippen LogP contribution >= 0.6 is 0 Å². The second-order valence-electron chi connectivity index (χ2n) is 16.5. The molecule has 0 atom stereocenters. The van der Waals surface area contributed by atoms with Gasteiger partial charge in [-0.05, 0) is 125 Å². The van der Waals surface area contributed by atoms with Crippen LogP contribution in [0.5, 0.6) is 0 Å². The molecule has 60 heavy (non-hydrogen) atoms. The van der Waals surface area contributed by atoms with Gasteiger partial charge in [0.1, 0.15) is 0 Å². The van der Waals surface area contributed by atoms with Gasteiger partial charge in [0.25, 0.3) is 0 Å². The van der Waals surface area contributed by atoms with Gasteiger partial charge in [-0.2, -0.15) is 0 Å². The van der Waals surface area contributed by atoms with Crippen LogP contribution in [0, 0.1) is 0 Å². The van der Waals surface area contributed by atoms with E-state index in [1.54, 1.807) is 0 Å². The number of anilines is 3. The number of hydrogen-bond acceptors (Lipinski definition) is 1. The zero-order valence-corrected chi connectivity index (χ0v) is 33.8. The van der Waals surface area contributed by atoms with E-state index in [0.717, 1.165) is 17.1 Å². The van der Waals surface area contributed by atoms with E-state index in [1.165, 1.54) is 88.3 Å². The molecule has 0 heterocycles. The molecule has 0 amide bonds. The Kier molecular flexibility index (Phi) is 8.57. The maximum Gasteiger partial charge on any atom is 0.0540 e. The number of nitrogens with zero attached hydrogens (tertiary/aromatic N) is 1. The SMILES string of the molecule is CC1(C)c2ccc(-c3ccc4ccccc4c3)cc2-c2ccc(N(c3ccc(-c4cccc5cccc(-c6ccccc6)c45)cc3)c3ccccc3-c3ccccc3)cc21. The number of para-hydroxylation sites is 1. The van der Waals surface area contributed by atoms with E-state index in [9.17, 15) is 0 Å². The van der Waals surface area contributed by atoms with Crippen LogP contribution in [0.2, 0.25) is 0 Å². The lowest BCUT2D eigenvalue weighted by Gasteiger charge is -2.30. The van der Waals surface area contributed by atoms with Gasteiger partial charge in [0.2, 0.25) is 0 Å². The molecule has 0 unspecified atom stereocenters. The van der Waals surface area contributed by atoms with Gasteiger partial charge in [-0.25, -0.2) is 0 Å². The van der Waals surface area contributed by atoms with Crippen molar-refractivity contribution in [2.45, 2.75) is 19.3 Å². The van der Waals surface area contributed by atoms with E-state index in [-0.39, 0.29) is 5.41 Å². The Hall–Kier alpha value is -7.48. The smallest absolute Gasteiger partial charge is 0.0540 e. The average molecular weight is 766 g/mol. The highest BCUT2D eigenvalue weighted by Crippen LogP contribution is 2.52. The number of fused-ring (bicyclic) bond motifs is 5. The number of hydrogen-bond donors (Lipinski definition) is 0. The van der Waals surface area contributed by atoms with E-state index in [0.29, 0.717) is 0 Å². The summed E-state index contributed by atoms with van der Waals surface area (Å²) in [6.07, 6.45) is 0. The minimum absolute atomic E-state index is 0.179. The summed E-state index contributed by atoms with van der Waals surface area (Å²) in [7, 11) is 0. The van der Waals surface area contributed by atoms with Crippen molar-refractivity contribution in [3.63, 3.8) is 0 Å².